The normalized spacial score (nSPS) is 13.9. The van der Waals surface area contributed by atoms with E-state index >= 15 is 0 Å². The molecule has 1 nitrogen and oxygen atoms in total. The van der Waals surface area contributed by atoms with Crippen molar-refractivity contribution in [2.75, 3.05) is 13.1 Å². The highest BCUT2D eigenvalue weighted by molar-refractivity contribution is 4.88. The summed E-state index contributed by atoms with van der Waals surface area (Å²) in [5, 5.41) is 0. The lowest BCUT2D eigenvalue weighted by atomic mass is 9.78. The molecule has 0 aliphatic rings. The first-order valence-corrected chi connectivity index (χ1v) is 9.79. The van der Waals surface area contributed by atoms with Crippen molar-refractivity contribution in [3.8, 4) is 0 Å². The van der Waals surface area contributed by atoms with Crippen molar-refractivity contribution in [2.24, 2.45) is 5.92 Å². The largest absolute Gasteiger partial charge is 0.298 e. The van der Waals surface area contributed by atoms with E-state index in [4.69, 9.17) is 0 Å². The lowest BCUT2D eigenvalue weighted by Gasteiger charge is -2.44. The molecule has 1 heteroatoms. The Hall–Kier alpha value is -0.0400. The molecule has 0 aromatic carbocycles. The maximum absolute atomic E-state index is 2.67. The van der Waals surface area contributed by atoms with Gasteiger partial charge in [-0.15, -0.1) is 0 Å². The molecular weight excluding hydrogens is 254 g/mol. The molecule has 0 bridgehead atoms. The third kappa shape index (κ3) is 8.24. The second-order valence-corrected chi connectivity index (χ2v) is 7.22. The van der Waals surface area contributed by atoms with Crippen LogP contribution in [0.2, 0.25) is 0 Å². The molecule has 0 saturated heterocycles. The fourth-order valence-corrected chi connectivity index (χ4v) is 3.77. The smallest absolute Gasteiger partial charge is 0.0181 e. The van der Waals surface area contributed by atoms with E-state index in [1.54, 1.807) is 0 Å². The lowest BCUT2D eigenvalue weighted by molar-refractivity contribution is 0.0605. The zero-order valence-electron chi connectivity index (χ0n) is 16.0. The van der Waals surface area contributed by atoms with Gasteiger partial charge in [0.1, 0.15) is 0 Å². The predicted octanol–water partition coefficient (Wildman–Crippen LogP) is 6.66. The SMILES string of the molecule is CCCCCCCCC(CCCC)C(C)(C)N(CC)CC. The van der Waals surface area contributed by atoms with E-state index in [9.17, 15) is 0 Å². The van der Waals surface area contributed by atoms with Crippen molar-refractivity contribution >= 4 is 0 Å². The van der Waals surface area contributed by atoms with Gasteiger partial charge in [0.15, 0.2) is 0 Å². The van der Waals surface area contributed by atoms with Gasteiger partial charge in [-0.25, -0.2) is 0 Å². The molecule has 0 rings (SSSR count). The molecule has 0 amide bonds. The molecule has 0 heterocycles. The highest BCUT2D eigenvalue weighted by Crippen LogP contribution is 2.32. The molecular formula is C20H43N. The van der Waals surface area contributed by atoms with E-state index in [-0.39, 0.29) is 0 Å². The van der Waals surface area contributed by atoms with Crippen molar-refractivity contribution in [3.05, 3.63) is 0 Å². The third-order valence-electron chi connectivity index (χ3n) is 5.39. The minimum absolute atomic E-state index is 0.363. The van der Waals surface area contributed by atoms with Crippen molar-refractivity contribution in [1.29, 1.82) is 0 Å². The average Bonchev–Trinajstić information content (AvgIpc) is 2.46. The van der Waals surface area contributed by atoms with Crippen molar-refractivity contribution < 1.29 is 0 Å². The van der Waals surface area contributed by atoms with Crippen molar-refractivity contribution in [1.82, 2.24) is 4.90 Å². The Morgan fingerprint density at radius 2 is 1.14 bits per heavy atom. The zero-order valence-corrected chi connectivity index (χ0v) is 16.0. The van der Waals surface area contributed by atoms with Crippen LogP contribution in [-0.4, -0.2) is 23.5 Å². The second-order valence-electron chi connectivity index (χ2n) is 7.22. The molecule has 0 N–H and O–H groups in total. The monoisotopic (exact) mass is 297 g/mol. The van der Waals surface area contributed by atoms with E-state index in [0.717, 1.165) is 5.92 Å². The first kappa shape index (κ1) is 21.0. The van der Waals surface area contributed by atoms with Gasteiger partial charge in [-0.05, 0) is 45.7 Å². The number of nitrogens with zero attached hydrogens (tertiary/aromatic N) is 1. The summed E-state index contributed by atoms with van der Waals surface area (Å²) < 4.78 is 0. The maximum Gasteiger partial charge on any atom is 0.0181 e. The molecule has 0 radical (unpaired) electrons. The molecule has 128 valence electrons. The Kier molecular flexibility index (Phi) is 12.5. The van der Waals surface area contributed by atoms with Gasteiger partial charge in [-0.2, -0.15) is 0 Å². The summed E-state index contributed by atoms with van der Waals surface area (Å²) in [7, 11) is 0. The van der Waals surface area contributed by atoms with Crippen LogP contribution in [0.15, 0.2) is 0 Å². The van der Waals surface area contributed by atoms with E-state index in [2.05, 4.69) is 46.4 Å². The Morgan fingerprint density at radius 3 is 1.67 bits per heavy atom. The fraction of sp³-hybridized carbons (Fsp3) is 1.00. The van der Waals surface area contributed by atoms with E-state index in [0.29, 0.717) is 5.54 Å². The first-order valence-electron chi connectivity index (χ1n) is 9.79. The van der Waals surface area contributed by atoms with Crippen LogP contribution in [0, 0.1) is 5.92 Å². The Labute approximate surface area is 135 Å². The minimum atomic E-state index is 0.363. The van der Waals surface area contributed by atoms with Crippen LogP contribution < -0.4 is 0 Å². The number of rotatable bonds is 14. The van der Waals surface area contributed by atoms with Crippen LogP contribution in [0.4, 0.5) is 0 Å². The van der Waals surface area contributed by atoms with Crippen LogP contribution in [0.5, 0.6) is 0 Å². The van der Waals surface area contributed by atoms with Gasteiger partial charge in [0.2, 0.25) is 0 Å². The summed E-state index contributed by atoms with van der Waals surface area (Å²) in [5.41, 5.74) is 0.363. The topological polar surface area (TPSA) is 3.24 Å². The summed E-state index contributed by atoms with van der Waals surface area (Å²) in [5.74, 6) is 0.864. The van der Waals surface area contributed by atoms with Gasteiger partial charge >= 0.3 is 0 Å². The van der Waals surface area contributed by atoms with E-state index < -0.39 is 0 Å². The molecule has 0 aliphatic carbocycles. The molecule has 1 unspecified atom stereocenters. The fourth-order valence-electron chi connectivity index (χ4n) is 3.77. The van der Waals surface area contributed by atoms with Crippen molar-refractivity contribution in [2.45, 2.75) is 111 Å². The summed E-state index contributed by atoms with van der Waals surface area (Å²) in [6.07, 6.45) is 14.1. The maximum atomic E-state index is 2.67. The minimum Gasteiger partial charge on any atom is -0.298 e. The number of unbranched alkanes of at least 4 members (excludes halogenated alkanes) is 6. The van der Waals surface area contributed by atoms with Crippen LogP contribution in [0.3, 0.4) is 0 Å². The van der Waals surface area contributed by atoms with Crippen LogP contribution >= 0.6 is 0 Å². The van der Waals surface area contributed by atoms with Gasteiger partial charge in [-0.1, -0.05) is 79.1 Å². The predicted molar refractivity (Wildman–Crippen MR) is 98.0 cm³/mol. The summed E-state index contributed by atoms with van der Waals surface area (Å²) in [6, 6.07) is 0. The highest BCUT2D eigenvalue weighted by atomic mass is 15.2. The quantitative estimate of drug-likeness (QED) is 0.324. The van der Waals surface area contributed by atoms with E-state index in [1.165, 1.54) is 77.3 Å². The van der Waals surface area contributed by atoms with Gasteiger partial charge in [0, 0.05) is 5.54 Å². The van der Waals surface area contributed by atoms with E-state index in [1.807, 2.05) is 0 Å². The molecule has 21 heavy (non-hydrogen) atoms. The van der Waals surface area contributed by atoms with Crippen LogP contribution in [-0.2, 0) is 0 Å². The van der Waals surface area contributed by atoms with Crippen molar-refractivity contribution in [3.63, 3.8) is 0 Å². The molecule has 0 aromatic heterocycles. The molecule has 0 aliphatic heterocycles. The standard InChI is InChI=1S/C20H43N/c1-7-11-13-14-15-16-18-19(17-12-8-2)20(5,6)21(9-3)10-4/h19H,7-18H2,1-6H3. The van der Waals surface area contributed by atoms with Gasteiger partial charge in [0.05, 0.1) is 0 Å². The molecule has 1 atom stereocenters. The molecule has 0 saturated carbocycles. The average molecular weight is 298 g/mol. The Morgan fingerprint density at radius 1 is 0.667 bits per heavy atom. The Bertz CT molecular complexity index is 218. The van der Waals surface area contributed by atoms with Crippen LogP contribution in [0.25, 0.3) is 0 Å². The number of hydrogen-bond acceptors (Lipinski definition) is 1. The lowest BCUT2D eigenvalue weighted by Crippen LogP contribution is -2.49. The third-order valence-corrected chi connectivity index (χ3v) is 5.39. The van der Waals surface area contributed by atoms with Gasteiger partial charge in [-0.3, -0.25) is 4.90 Å². The van der Waals surface area contributed by atoms with Crippen LogP contribution in [0.1, 0.15) is 106 Å². The number of hydrogen-bond donors (Lipinski definition) is 0. The van der Waals surface area contributed by atoms with Gasteiger partial charge < -0.3 is 0 Å². The first-order chi connectivity index (χ1) is 10.0. The summed E-state index contributed by atoms with van der Waals surface area (Å²) >= 11 is 0. The highest BCUT2D eigenvalue weighted by Gasteiger charge is 2.32. The molecule has 0 fully saturated rings. The zero-order chi connectivity index (χ0) is 16.1. The molecule has 0 spiro atoms. The molecule has 0 aromatic rings. The summed E-state index contributed by atoms with van der Waals surface area (Å²) in [6.45, 7) is 16.6. The second kappa shape index (κ2) is 12.5. The summed E-state index contributed by atoms with van der Waals surface area (Å²) in [4.78, 5) is 2.67. The Balaban J connectivity index is 4.35. The van der Waals surface area contributed by atoms with Gasteiger partial charge in [0.25, 0.3) is 0 Å².